The Balaban J connectivity index is 2.70. The number of aromatic nitrogens is 1. The highest BCUT2D eigenvalue weighted by atomic mass is 35.5. The number of hydrogen-bond donors (Lipinski definition) is 0. The SMILES string of the molecule is O=Cc1ccc(F)nc1-c1cc(Cl)ccc1Cl. The van der Waals surface area contributed by atoms with E-state index in [0.717, 1.165) is 6.07 Å². The first-order chi connectivity index (χ1) is 8.11. The van der Waals surface area contributed by atoms with Crippen molar-refractivity contribution in [2.45, 2.75) is 0 Å². The fourth-order valence-electron chi connectivity index (χ4n) is 1.44. The molecule has 1 aromatic heterocycles. The van der Waals surface area contributed by atoms with Crippen molar-refractivity contribution in [3.05, 3.63) is 51.9 Å². The zero-order valence-corrected chi connectivity index (χ0v) is 9.97. The molecule has 0 saturated carbocycles. The Labute approximate surface area is 107 Å². The quantitative estimate of drug-likeness (QED) is 0.609. The summed E-state index contributed by atoms with van der Waals surface area (Å²) in [6.45, 7) is 0. The van der Waals surface area contributed by atoms with Gasteiger partial charge in [-0.15, -0.1) is 0 Å². The number of carbonyl (C=O) groups is 1. The van der Waals surface area contributed by atoms with Gasteiger partial charge in [-0.3, -0.25) is 4.79 Å². The van der Waals surface area contributed by atoms with Gasteiger partial charge in [-0.2, -0.15) is 4.39 Å². The average molecular weight is 270 g/mol. The number of rotatable bonds is 2. The molecule has 0 aliphatic carbocycles. The molecule has 2 rings (SSSR count). The van der Waals surface area contributed by atoms with Crippen LogP contribution in [0, 0.1) is 5.95 Å². The molecule has 0 unspecified atom stereocenters. The van der Waals surface area contributed by atoms with Crippen molar-refractivity contribution in [2.75, 3.05) is 0 Å². The van der Waals surface area contributed by atoms with Gasteiger partial charge in [0.1, 0.15) is 0 Å². The lowest BCUT2D eigenvalue weighted by molar-refractivity contribution is 0.112. The first-order valence-electron chi connectivity index (χ1n) is 4.69. The third kappa shape index (κ3) is 2.46. The summed E-state index contributed by atoms with van der Waals surface area (Å²) in [5, 5.41) is 0.794. The number of nitrogens with zero attached hydrogens (tertiary/aromatic N) is 1. The Morgan fingerprint density at radius 1 is 1.18 bits per heavy atom. The molecule has 1 heterocycles. The van der Waals surface area contributed by atoms with E-state index in [4.69, 9.17) is 23.2 Å². The van der Waals surface area contributed by atoms with Gasteiger partial charge in [0.15, 0.2) is 6.29 Å². The predicted octanol–water partition coefficient (Wildman–Crippen LogP) is 4.01. The van der Waals surface area contributed by atoms with Gasteiger partial charge >= 0.3 is 0 Å². The molecule has 0 atom stereocenters. The van der Waals surface area contributed by atoms with Crippen LogP contribution in [0.25, 0.3) is 11.3 Å². The highest BCUT2D eigenvalue weighted by molar-refractivity contribution is 6.35. The third-order valence-corrected chi connectivity index (χ3v) is 2.77. The molecule has 0 bridgehead atoms. The van der Waals surface area contributed by atoms with E-state index >= 15 is 0 Å². The van der Waals surface area contributed by atoms with Crippen LogP contribution in [0.5, 0.6) is 0 Å². The van der Waals surface area contributed by atoms with Crippen molar-refractivity contribution in [3.63, 3.8) is 0 Å². The fraction of sp³-hybridized carbons (Fsp3) is 0. The Morgan fingerprint density at radius 3 is 2.65 bits per heavy atom. The van der Waals surface area contributed by atoms with Crippen LogP contribution in [-0.4, -0.2) is 11.3 Å². The van der Waals surface area contributed by atoms with Gasteiger partial charge < -0.3 is 0 Å². The summed E-state index contributed by atoms with van der Waals surface area (Å²) in [7, 11) is 0. The summed E-state index contributed by atoms with van der Waals surface area (Å²) < 4.78 is 13.1. The molecule has 2 nitrogen and oxygen atoms in total. The number of halogens is 3. The zero-order valence-electron chi connectivity index (χ0n) is 8.45. The lowest BCUT2D eigenvalue weighted by Crippen LogP contribution is -1.95. The Morgan fingerprint density at radius 2 is 1.94 bits per heavy atom. The summed E-state index contributed by atoms with van der Waals surface area (Å²) in [4.78, 5) is 14.5. The summed E-state index contributed by atoms with van der Waals surface area (Å²) >= 11 is 11.8. The van der Waals surface area contributed by atoms with Crippen LogP contribution < -0.4 is 0 Å². The molecule has 0 spiro atoms. The maximum atomic E-state index is 13.1. The smallest absolute Gasteiger partial charge is 0.213 e. The highest BCUT2D eigenvalue weighted by Gasteiger charge is 2.12. The molecule has 0 aliphatic heterocycles. The molecular formula is C12H6Cl2FNO. The number of benzene rings is 1. The van der Waals surface area contributed by atoms with Crippen LogP contribution in [0.1, 0.15) is 10.4 Å². The summed E-state index contributed by atoms with van der Waals surface area (Å²) in [6.07, 6.45) is 0.596. The lowest BCUT2D eigenvalue weighted by Gasteiger charge is -2.06. The van der Waals surface area contributed by atoms with Gasteiger partial charge in [0.05, 0.1) is 10.7 Å². The highest BCUT2D eigenvalue weighted by Crippen LogP contribution is 2.31. The Hall–Kier alpha value is -1.45. The van der Waals surface area contributed by atoms with Gasteiger partial charge in [0.2, 0.25) is 5.95 Å². The van der Waals surface area contributed by atoms with E-state index in [2.05, 4.69) is 4.98 Å². The van der Waals surface area contributed by atoms with Crippen LogP contribution in [-0.2, 0) is 0 Å². The van der Waals surface area contributed by atoms with Crippen molar-refractivity contribution in [2.24, 2.45) is 0 Å². The number of pyridine rings is 1. The minimum Gasteiger partial charge on any atom is -0.298 e. The molecule has 0 N–H and O–H groups in total. The van der Waals surface area contributed by atoms with E-state index in [1.54, 1.807) is 18.2 Å². The molecule has 86 valence electrons. The summed E-state index contributed by atoms with van der Waals surface area (Å²) in [5.74, 6) is -0.679. The standard InChI is InChI=1S/C12H6Cl2FNO/c13-8-2-3-10(14)9(5-8)12-7(6-17)1-4-11(15)16-12/h1-6H. The third-order valence-electron chi connectivity index (χ3n) is 2.20. The zero-order chi connectivity index (χ0) is 12.4. The predicted molar refractivity (Wildman–Crippen MR) is 65.0 cm³/mol. The second-order valence-corrected chi connectivity index (χ2v) is 4.16. The normalized spacial score (nSPS) is 10.3. The molecule has 17 heavy (non-hydrogen) atoms. The molecule has 0 aliphatic rings. The van der Waals surface area contributed by atoms with E-state index in [1.807, 2.05) is 0 Å². The van der Waals surface area contributed by atoms with Crippen molar-refractivity contribution in [1.29, 1.82) is 0 Å². The van der Waals surface area contributed by atoms with Crippen molar-refractivity contribution < 1.29 is 9.18 Å². The average Bonchev–Trinajstić information content (AvgIpc) is 2.32. The van der Waals surface area contributed by atoms with E-state index in [1.165, 1.54) is 6.07 Å². The lowest BCUT2D eigenvalue weighted by atomic mass is 10.1. The first kappa shape index (κ1) is 12.0. The monoisotopic (exact) mass is 269 g/mol. The molecule has 2 aromatic rings. The molecular weight excluding hydrogens is 264 g/mol. The van der Waals surface area contributed by atoms with Crippen LogP contribution >= 0.6 is 23.2 Å². The molecule has 0 radical (unpaired) electrons. The fourth-order valence-corrected chi connectivity index (χ4v) is 1.82. The maximum absolute atomic E-state index is 13.1. The minimum absolute atomic E-state index is 0.188. The second kappa shape index (κ2) is 4.82. The van der Waals surface area contributed by atoms with Gasteiger partial charge in [-0.05, 0) is 30.3 Å². The molecule has 0 saturated heterocycles. The van der Waals surface area contributed by atoms with Gasteiger partial charge in [-0.1, -0.05) is 23.2 Å². The van der Waals surface area contributed by atoms with Crippen LogP contribution in [0.15, 0.2) is 30.3 Å². The van der Waals surface area contributed by atoms with Gasteiger partial charge in [-0.25, -0.2) is 4.98 Å². The van der Waals surface area contributed by atoms with Crippen LogP contribution in [0.4, 0.5) is 4.39 Å². The Bertz CT molecular complexity index is 587. The van der Waals surface area contributed by atoms with E-state index in [0.29, 0.717) is 21.9 Å². The summed E-state index contributed by atoms with van der Waals surface area (Å²) in [6, 6.07) is 7.18. The van der Waals surface area contributed by atoms with Crippen molar-refractivity contribution in [1.82, 2.24) is 4.98 Å². The first-order valence-corrected chi connectivity index (χ1v) is 5.44. The number of hydrogen-bond acceptors (Lipinski definition) is 2. The topological polar surface area (TPSA) is 30.0 Å². The molecule has 0 fully saturated rings. The minimum atomic E-state index is -0.679. The maximum Gasteiger partial charge on any atom is 0.213 e. The van der Waals surface area contributed by atoms with E-state index < -0.39 is 5.95 Å². The molecule has 5 heteroatoms. The summed E-state index contributed by atoms with van der Waals surface area (Å²) in [5.41, 5.74) is 0.879. The molecule has 1 aromatic carbocycles. The number of aldehydes is 1. The Kier molecular flexibility index (Phi) is 3.41. The second-order valence-electron chi connectivity index (χ2n) is 3.31. The van der Waals surface area contributed by atoms with Crippen LogP contribution in [0.2, 0.25) is 10.0 Å². The molecule has 0 amide bonds. The van der Waals surface area contributed by atoms with Gasteiger partial charge in [0, 0.05) is 16.1 Å². The van der Waals surface area contributed by atoms with E-state index in [-0.39, 0.29) is 11.3 Å². The van der Waals surface area contributed by atoms with Crippen molar-refractivity contribution >= 4 is 29.5 Å². The van der Waals surface area contributed by atoms with Crippen LogP contribution in [0.3, 0.4) is 0 Å². The largest absolute Gasteiger partial charge is 0.298 e. The van der Waals surface area contributed by atoms with Gasteiger partial charge in [0.25, 0.3) is 0 Å². The van der Waals surface area contributed by atoms with Crippen molar-refractivity contribution in [3.8, 4) is 11.3 Å². The number of carbonyl (C=O) groups excluding carboxylic acids is 1. The van der Waals surface area contributed by atoms with E-state index in [9.17, 15) is 9.18 Å².